The van der Waals surface area contributed by atoms with Crippen molar-refractivity contribution in [2.24, 2.45) is 0 Å². The van der Waals surface area contributed by atoms with Crippen LogP contribution in [0.5, 0.6) is 11.8 Å². The summed E-state index contributed by atoms with van der Waals surface area (Å²) in [6.45, 7) is 26.7. The zero-order chi connectivity index (χ0) is 66.4. The van der Waals surface area contributed by atoms with Crippen molar-refractivity contribution in [1.82, 2.24) is 58.6 Å². The SMILES string of the molecule is CC(C)Oc1ncc(-c2nc(NCc3ccccn3)c3c(-c4ccccc4)ccn3n2)cc1S(=O)(=O)NC(C)(C)C.CC(C)Oc1ncc(B2OC(C)(C)C(C)(C)O2)cc1S(=O)(=O)NC(C)(C)C.Clc1nc(NCc2ccccn2)c2c(-c3ccccc3)ccn2n1. The summed E-state index contributed by atoms with van der Waals surface area (Å²) in [5, 5.41) is 15.9. The average Bonchev–Trinajstić information content (AvgIpc) is 1.47. The van der Waals surface area contributed by atoms with Crippen molar-refractivity contribution in [2.75, 3.05) is 10.6 Å². The number of nitrogens with one attached hydrogen (secondary N) is 4. The highest BCUT2D eigenvalue weighted by atomic mass is 35.5. The number of pyridine rings is 4. The smallest absolute Gasteiger partial charge is 0.474 e. The Bertz CT molecular complexity index is 4390. The lowest BCUT2D eigenvalue weighted by atomic mass is 9.80. The van der Waals surface area contributed by atoms with Gasteiger partial charge < -0.3 is 29.4 Å². The summed E-state index contributed by atoms with van der Waals surface area (Å²) in [4.78, 5) is 26.5. The van der Waals surface area contributed by atoms with Gasteiger partial charge in [-0.05, 0) is 168 Å². The number of anilines is 2. The van der Waals surface area contributed by atoms with Crippen molar-refractivity contribution in [1.29, 1.82) is 0 Å². The molecule has 0 atom stereocenters. The molecule has 0 saturated carbocycles. The molecule has 10 aromatic rings. The summed E-state index contributed by atoms with van der Waals surface area (Å²) in [5.41, 5.74) is 6.11. The van der Waals surface area contributed by atoms with Gasteiger partial charge in [0.05, 0.1) is 47.9 Å². The summed E-state index contributed by atoms with van der Waals surface area (Å²) in [7, 11) is -8.54. The Morgan fingerprint density at radius 3 is 1.43 bits per heavy atom. The molecule has 8 aromatic heterocycles. The fourth-order valence-electron chi connectivity index (χ4n) is 9.48. The van der Waals surface area contributed by atoms with E-state index >= 15 is 0 Å². The maximum Gasteiger partial charge on any atom is 0.496 e. The largest absolute Gasteiger partial charge is 0.496 e. The van der Waals surface area contributed by atoms with E-state index in [-0.39, 0.29) is 39.0 Å². The van der Waals surface area contributed by atoms with Crippen molar-refractivity contribution in [3.8, 4) is 45.4 Å². The number of fused-ring (bicyclic) bond motifs is 2. The number of aromatic nitrogens is 10. The van der Waals surface area contributed by atoms with E-state index < -0.39 is 49.4 Å². The number of hydrogen-bond acceptors (Lipinski definition) is 18. The molecule has 0 radical (unpaired) electrons. The first-order valence-corrected chi connectivity index (χ1v) is 33.3. The fourth-order valence-corrected chi connectivity index (χ4v) is 12.7. The maximum absolute atomic E-state index is 13.4. The van der Waals surface area contributed by atoms with E-state index in [1.54, 1.807) is 63.0 Å². The number of halogens is 1. The Morgan fingerprint density at radius 1 is 0.554 bits per heavy atom. The quantitative estimate of drug-likeness (QED) is 0.0582. The van der Waals surface area contributed by atoms with Crippen molar-refractivity contribution in [3.63, 3.8) is 0 Å². The number of rotatable bonds is 18. The van der Waals surface area contributed by atoms with Crippen LogP contribution in [0.4, 0.5) is 11.6 Å². The van der Waals surface area contributed by atoms with Gasteiger partial charge in [-0.1, -0.05) is 72.8 Å². The molecule has 11 rings (SSSR count). The van der Waals surface area contributed by atoms with Crippen molar-refractivity contribution >= 4 is 66.9 Å². The summed E-state index contributed by atoms with van der Waals surface area (Å²) < 4.78 is 85.1. The minimum absolute atomic E-state index is 0.0161. The molecular formula is C66H78BClN14O8S2. The Labute approximate surface area is 543 Å². The predicted molar refractivity (Wildman–Crippen MR) is 360 cm³/mol. The average molecular weight is 1310 g/mol. The molecule has 0 unspecified atom stereocenters. The molecule has 0 bridgehead atoms. The molecule has 9 heterocycles. The van der Waals surface area contributed by atoms with Crippen LogP contribution in [-0.4, -0.2) is 108 Å². The maximum atomic E-state index is 13.4. The van der Waals surface area contributed by atoms with Gasteiger partial charge in [-0.2, -0.15) is 4.98 Å². The topological polar surface area (TPSA) is 265 Å². The molecule has 1 fully saturated rings. The highest BCUT2D eigenvalue weighted by Gasteiger charge is 2.52. The molecule has 2 aromatic carbocycles. The Kier molecular flexibility index (Phi) is 20.5. The molecule has 0 aliphatic carbocycles. The van der Waals surface area contributed by atoms with Crippen LogP contribution >= 0.6 is 11.6 Å². The van der Waals surface area contributed by atoms with Crippen LogP contribution in [0.15, 0.2) is 168 Å². The van der Waals surface area contributed by atoms with Crippen LogP contribution in [0.3, 0.4) is 0 Å². The van der Waals surface area contributed by atoms with Gasteiger partial charge in [0.2, 0.25) is 37.1 Å². The van der Waals surface area contributed by atoms with Gasteiger partial charge in [0.1, 0.15) is 20.8 Å². The standard InChI is InChI=1S/C30H33N7O3S.C18H31BN2O5S.C18H14ClN5/c1-20(2)40-29-25(41(38,39)36-30(3,4)5)17-22(18-33-29)27-34-28(32-19-23-13-9-10-15-31-23)26-24(14-16-37(26)35-27)21-11-7-6-8-12-21;1-12(2)24-15-14(27(22,23)21-16(3,4)5)10-13(11-20-15)19-25-17(6,7)18(8,9)26-19;19-18-22-17(21-12-14-8-4-5-10-20-14)16-15(9-11-24(16)23-18)13-6-2-1-3-7-13/h6-18,20,36H,19H2,1-5H3,(H,32,34,35);10-12,21H,1-9H3;1-11H,12H2,(H,21,22,23). The molecule has 26 heteroatoms. The summed E-state index contributed by atoms with van der Waals surface area (Å²) in [5.74, 6) is 1.63. The van der Waals surface area contributed by atoms with Crippen LogP contribution in [0, 0.1) is 0 Å². The van der Waals surface area contributed by atoms with Crippen molar-refractivity contribution < 1.29 is 35.6 Å². The van der Waals surface area contributed by atoms with Crippen LogP contribution in [0.25, 0.3) is 44.7 Å². The molecular weight excluding hydrogens is 1230 g/mol. The molecule has 0 amide bonds. The van der Waals surface area contributed by atoms with E-state index in [0.29, 0.717) is 41.6 Å². The number of hydrogen-bond donors (Lipinski definition) is 4. The normalized spacial score (nSPS) is 14.0. The highest BCUT2D eigenvalue weighted by molar-refractivity contribution is 7.90. The first-order valence-electron chi connectivity index (χ1n) is 30.0. The third kappa shape index (κ3) is 17.0. The van der Waals surface area contributed by atoms with Gasteiger partial charge in [0.25, 0.3) is 0 Å². The molecule has 1 aliphatic heterocycles. The van der Waals surface area contributed by atoms with Crippen molar-refractivity contribution in [3.05, 3.63) is 175 Å². The first-order chi connectivity index (χ1) is 43.3. The zero-order valence-electron chi connectivity index (χ0n) is 54.1. The van der Waals surface area contributed by atoms with E-state index in [1.807, 2.05) is 165 Å². The van der Waals surface area contributed by atoms with E-state index in [2.05, 4.69) is 62.2 Å². The zero-order valence-corrected chi connectivity index (χ0v) is 56.5. The third-order valence-corrected chi connectivity index (χ3v) is 17.8. The number of ether oxygens (including phenoxy) is 2. The predicted octanol–water partition coefficient (Wildman–Crippen LogP) is 11.6. The van der Waals surface area contributed by atoms with E-state index in [1.165, 1.54) is 24.5 Å². The summed E-state index contributed by atoms with van der Waals surface area (Å²) in [6.07, 6.45) is 9.83. The molecule has 22 nitrogen and oxygen atoms in total. The molecule has 1 aliphatic rings. The summed E-state index contributed by atoms with van der Waals surface area (Å²) in [6, 6.07) is 38.7. The first kappa shape index (κ1) is 68.0. The van der Waals surface area contributed by atoms with Crippen LogP contribution in [-0.2, 0) is 42.4 Å². The molecule has 1 saturated heterocycles. The Morgan fingerprint density at radius 2 is 0.989 bits per heavy atom. The van der Waals surface area contributed by atoms with Gasteiger partial charge in [-0.15, -0.1) is 10.2 Å². The van der Waals surface area contributed by atoms with Crippen LogP contribution in [0.2, 0.25) is 5.28 Å². The minimum Gasteiger partial charge on any atom is -0.474 e. The highest BCUT2D eigenvalue weighted by Crippen LogP contribution is 2.38. The Balaban J connectivity index is 0.000000171. The number of benzene rings is 2. The molecule has 92 heavy (non-hydrogen) atoms. The van der Waals surface area contributed by atoms with E-state index in [0.717, 1.165) is 44.7 Å². The lowest BCUT2D eigenvalue weighted by Crippen LogP contribution is -2.42. The lowest BCUT2D eigenvalue weighted by Gasteiger charge is -2.32. The van der Waals surface area contributed by atoms with Gasteiger partial charge in [0, 0.05) is 70.4 Å². The molecule has 4 N–H and O–H groups in total. The van der Waals surface area contributed by atoms with Gasteiger partial charge in [-0.3, -0.25) is 9.97 Å². The lowest BCUT2D eigenvalue weighted by molar-refractivity contribution is 0.00578. The number of sulfonamides is 2. The van der Waals surface area contributed by atoms with Gasteiger partial charge in [-0.25, -0.2) is 50.3 Å². The second-order valence-corrected chi connectivity index (χ2v) is 29.0. The van der Waals surface area contributed by atoms with E-state index in [4.69, 9.17) is 40.5 Å². The number of nitrogens with zero attached hydrogens (tertiary/aromatic N) is 10. The molecule has 0 spiro atoms. The minimum atomic E-state index is -3.98. The van der Waals surface area contributed by atoms with Crippen LogP contribution < -0.4 is 35.0 Å². The Hall–Kier alpha value is -8.43. The van der Waals surface area contributed by atoms with Gasteiger partial charge >= 0.3 is 7.12 Å². The second-order valence-electron chi connectivity index (χ2n) is 25.4. The van der Waals surface area contributed by atoms with Gasteiger partial charge in [0.15, 0.2) is 17.5 Å². The monoisotopic (exact) mass is 1300 g/mol. The second kappa shape index (κ2) is 27.8. The van der Waals surface area contributed by atoms with E-state index in [9.17, 15) is 16.8 Å². The fraction of sp³-hybridized carbons (Fsp3) is 0.333. The van der Waals surface area contributed by atoms with Crippen molar-refractivity contribution in [2.45, 2.75) is 154 Å². The third-order valence-electron chi connectivity index (χ3n) is 14.1. The van der Waals surface area contributed by atoms with Crippen LogP contribution in [0.1, 0.15) is 108 Å². The summed E-state index contributed by atoms with van der Waals surface area (Å²) >= 11 is 6.06. The molecule has 482 valence electrons.